The Hall–Kier alpha value is -1.01. The molecule has 100 valence electrons. The summed E-state index contributed by atoms with van der Waals surface area (Å²) < 4.78 is 1.82. The van der Waals surface area contributed by atoms with E-state index in [0.29, 0.717) is 6.54 Å². The summed E-state index contributed by atoms with van der Waals surface area (Å²) in [5.74, 6) is 1.05. The molecular weight excluding hydrogens is 248 g/mol. The van der Waals surface area contributed by atoms with Crippen molar-refractivity contribution in [3.8, 4) is 0 Å². The Morgan fingerprint density at radius 1 is 1.78 bits per heavy atom. The third-order valence-electron chi connectivity index (χ3n) is 3.30. The van der Waals surface area contributed by atoms with Crippen LogP contribution in [0, 0.1) is 0 Å². The molecule has 0 radical (unpaired) electrons. The summed E-state index contributed by atoms with van der Waals surface area (Å²) >= 11 is 1.93. The number of carbonyl (C=O) groups is 1. The van der Waals surface area contributed by atoms with Gasteiger partial charge >= 0.3 is 0 Å². The SMILES string of the molecule is Cn1cc(C(N)C(=O)NCC2(C)CCCS2)cn1. The second-order valence-corrected chi connectivity index (χ2v) is 6.73. The number of thioether (sulfide) groups is 1. The second kappa shape index (κ2) is 5.32. The van der Waals surface area contributed by atoms with Crippen LogP contribution in [0.15, 0.2) is 12.4 Å². The molecule has 5 nitrogen and oxygen atoms in total. The number of carbonyl (C=O) groups excluding carboxylic acids is 1. The van der Waals surface area contributed by atoms with Crippen LogP contribution in [0.5, 0.6) is 0 Å². The molecule has 0 aromatic carbocycles. The van der Waals surface area contributed by atoms with Gasteiger partial charge in [-0.25, -0.2) is 0 Å². The summed E-state index contributed by atoms with van der Waals surface area (Å²) in [6.07, 6.45) is 5.79. The molecule has 0 spiro atoms. The highest BCUT2D eigenvalue weighted by Gasteiger charge is 2.30. The zero-order chi connectivity index (χ0) is 13.2. The molecule has 1 amide bonds. The van der Waals surface area contributed by atoms with Crippen LogP contribution in [0.1, 0.15) is 31.4 Å². The lowest BCUT2D eigenvalue weighted by Crippen LogP contribution is -2.41. The molecule has 18 heavy (non-hydrogen) atoms. The predicted octanol–water partition coefficient (Wildman–Crippen LogP) is 0.822. The predicted molar refractivity (Wildman–Crippen MR) is 73.2 cm³/mol. The van der Waals surface area contributed by atoms with Gasteiger partial charge in [-0.15, -0.1) is 0 Å². The van der Waals surface area contributed by atoms with Crippen molar-refractivity contribution >= 4 is 17.7 Å². The van der Waals surface area contributed by atoms with Crippen molar-refractivity contribution in [2.75, 3.05) is 12.3 Å². The van der Waals surface area contributed by atoms with Gasteiger partial charge in [-0.05, 0) is 25.5 Å². The molecule has 3 N–H and O–H groups in total. The number of hydrogen-bond acceptors (Lipinski definition) is 4. The molecule has 2 atom stereocenters. The van der Waals surface area contributed by atoms with Gasteiger partial charge in [-0.2, -0.15) is 16.9 Å². The fourth-order valence-electron chi connectivity index (χ4n) is 2.11. The first kappa shape index (κ1) is 13.4. The van der Waals surface area contributed by atoms with Gasteiger partial charge in [0.15, 0.2) is 0 Å². The molecule has 1 saturated heterocycles. The van der Waals surface area contributed by atoms with Crippen molar-refractivity contribution < 1.29 is 4.79 Å². The maximum Gasteiger partial charge on any atom is 0.241 e. The van der Waals surface area contributed by atoms with E-state index in [1.165, 1.54) is 12.2 Å². The van der Waals surface area contributed by atoms with E-state index in [1.54, 1.807) is 17.1 Å². The molecule has 1 aliphatic rings. The van der Waals surface area contributed by atoms with E-state index in [9.17, 15) is 4.79 Å². The minimum absolute atomic E-state index is 0.128. The summed E-state index contributed by atoms with van der Waals surface area (Å²) in [7, 11) is 1.81. The number of amides is 1. The summed E-state index contributed by atoms with van der Waals surface area (Å²) in [6, 6.07) is -0.631. The Bertz CT molecular complexity index is 425. The monoisotopic (exact) mass is 268 g/mol. The zero-order valence-electron chi connectivity index (χ0n) is 10.8. The lowest BCUT2D eigenvalue weighted by atomic mass is 10.1. The van der Waals surface area contributed by atoms with Crippen molar-refractivity contribution in [3.63, 3.8) is 0 Å². The third kappa shape index (κ3) is 3.05. The van der Waals surface area contributed by atoms with Crippen molar-refractivity contribution in [1.29, 1.82) is 0 Å². The first-order valence-corrected chi connectivity index (χ1v) is 7.14. The minimum Gasteiger partial charge on any atom is -0.353 e. The number of nitrogens with zero attached hydrogens (tertiary/aromatic N) is 2. The number of rotatable bonds is 4. The highest BCUT2D eigenvalue weighted by Crippen LogP contribution is 2.36. The Morgan fingerprint density at radius 2 is 2.56 bits per heavy atom. The molecule has 0 bridgehead atoms. The normalized spacial score (nSPS) is 25.1. The Balaban J connectivity index is 1.88. The van der Waals surface area contributed by atoms with Crippen molar-refractivity contribution in [3.05, 3.63) is 18.0 Å². The lowest BCUT2D eigenvalue weighted by Gasteiger charge is -2.23. The van der Waals surface area contributed by atoms with Gasteiger partial charge in [0.2, 0.25) is 5.91 Å². The molecule has 2 rings (SSSR count). The molecule has 6 heteroatoms. The smallest absolute Gasteiger partial charge is 0.241 e. The molecule has 1 aromatic heterocycles. The van der Waals surface area contributed by atoms with Gasteiger partial charge in [-0.3, -0.25) is 9.48 Å². The van der Waals surface area contributed by atoms with Gasteiger partial charge in [0, 0.05) is 30.1 Å². The average Bonchev–Trinajstić information content (AvgIpc) is 2.95. The molecule has 2 unspecified atom stereocenters. The van der Waals surface area contributed by atoms with Crippen LogP contribution in [-0.4, -0.2) is 32.7 Å². The van der Waals surface area contributed by atoms with Crippen LogP contribution in [0.2, 0.25) is 0 Å². The van der Waals surface area contributed by atoms with Gasteiger partial charge in [0.05, 0.1) is 6.20 Å². The van der Waals surface area contributed by atoms with Crippen LogP contribution in [0.25, 0.3) is 0 Å². The van der Waals surface area contributed by atoms with Crippen molar-refractivity contribution in [2.24, 2.45) is 12.8 Å². The molecule has 1 aromatic rings. The van der Waals surface area contributed by atoms with Gasteiger partial charge in [0.25, 0.3) is 0 Å². The highest BCUT2D eigenvalue weighted by molar-refractivity contribution is 8.00. The Morgan fingerprint density at radius 3 is 3.11 bits per heavy atom. The number of aryl methyl sites for hydroxylation is 1. The van der Waals surface area contributed by atoms with E-state index in [2.05, 4.69) is 17.3 Å². The van der Waals surface area contributed by atoms with E-state index in [4.69, 9.17) is 5.73 Å². The van der Waals surface area contributed by atoms with Gasteiger partial charge in [0.1, 0.15) is 6.04 Å². The summed E-state index contributed by atoms with van der Waals surface area (Å²) in [5.41, 5.74) is 6.66. The largest absolute Gasteiger partial charge is 0.353 e. The molecular formula is C12H20N4OS. The van der Waals surface area contributed by atoms with E-state index in [1.807, 2.05) is 18.8 Å². The third-order valence-corrected chi connectivity index (χ3v) is 4.84. The maximum atomic E-state index is 12.0. The topological polar surface area (TPSA) is 72.9 Å². The number of nitrogens with two attached hydrogens (primary N) is 1. The van der Waals surface area contributed by atoms with E-state index < -0.39 is 6.04 Å². The van der Waals surface area contributed by atoms with Gasteiger partial charge in [-0.1, -0.05) is 0 Å². The fraction of sp³-hybridized carbons (Fsp3) is 0.667. The fourth-order valence-corrected chi connectivity index (χ4v) is 3.36. The lowest BCUT2D eigenvalue weighted by molar-refractivity contribution is -0.122. The quantitative estimate of drug-likeness (QED) is 0.848. The van der Waals surface area contributed by atoms with Gasteiger partial charge < -0.3 is 11.1 Å². The van der Waals surface area contributed by atoms with E-state index in [0.717, 1.165) is 12.0 Å². The highest BCUT2D eigenvalue weighted by atomic mass is 32.2. The standard InChI is InChI=1S/C12H20N4OS/c1-12(4-3-5-18-12)8-14-11(17)10(13)9-6-15-16(2)7-9/h6-7,10H,3-5,8,13H2,1-2H3,(H,14,17). The average molecular weight is 268 g/mol. The molecule has 2 heterocycles. The number of nitrogens with one attached hydrogen (secondary N) is 1. The first-order valence-electron chi connectivity index (χ1n) is 6.16. The summed E-state index contributed by atoms with van der Waals surface area (Å²) in [4.78, 5) is 12.0. The molecule has 0 saturated carbocycles. The van der Waals surface area contributed by atoms with E-state index >= 15 is 0 Å². The van der Waals surface area contributed by atoms with Crippen LogP contribution >= 0.6 is 11.8 Å². The molecule has 0 aliphatic carbocycles. The van der Waals surface area contributed by atoms with E-state index in [-0.39, 0.29) is 10.7 Å². The summed E-state index contributed by atoms with van der Waals surface area (Å²) in [6.45, 7) is 2.88. The molecule has 1 fully saturated rings. The minimum atomic E-state index is -0.631. The number of hydrogen-bond donors (Lipinski definition) is 2. The Labute approximate surface area is 111 Å². The summed E-state index contributed by atoms with van der Waals surface area (Å²) in [5, 5.41) is 6.97. The second-order valence-electron chi connectivity index (χ2n) is 5.04. The van der Waals surface area contributed by atoms with Crippen LogP contribution < -0.4 is 11.1 Å². The number of aromatic nitrogens is 2. The van der Waals surface area contributed by atoms with Crippen LogP contribution in [-0.2, 0) is 11.8 Å². The van der Waals surface area contributed by atoms with Crippen LogP contribution in [0.3, 0.4) is 0 Å². The zero-order valence-corrected chi connectivity index (χ0v) is 11.7. The first-order chi connectivity index (χ1) is 8.50. The maximum absolute atomic E-state index is 12.0. The Kier molecular flexibility index (Phi) is 3.97. The van der Waals surface area contributed by atoms with Crippen molar-refractivity contribution in [2.45, 2.75) is 30.6 Å². The molecule has 1 aliphatic heterocycles. The van der Waals surface area contributed by atoms with Crippen LogP contribution in [0.4, 0.5) is 0 Å². The van der Waals surface area contributed by atoms with Crippen molar-refractivity contribution in [1.82, 2.24) is 15.1 Å².